The molecule has 9 heteroatoms. The second-order valence-electron chi connectivity index (χ2n) is 6.27. The van der Waals surface area contributed by atoms with Gasteiger partial charge < -0.3 is 25.3 Å². The summed E-state index contributed by atoms with van der Waals surface area (Å²) in [5.41, 5.74) is 8.01. The first-order valence-corrected chi connectivity index (χ1v) is 8.80. The van der Waals surface area contributed by atoms with E-state index in [9.17, 15) is 0 Å². The van der Waals surface area contributed by atoms with Crippen molar-refractivity contribution < 1.29 is 14.2 Å². The Labute approximate surface area is 156 Å². The highest BCUT2D eigenvalue weighted by atomic mass is 16.5. The number of imidazole rings is 1. The number of hydrogen-bond donors (Lipinski definition) is 2. The number of anilines is 3. The molecule has 0 spiro atoms. The molecule has 142 valence electrons. The molecule has 3 heterocycles. The fourth-order valence-electron chi connectivity index (χ4n) is 3.23. The number of nitrogens with one attached hydrogen (secondary N) is 1. The van der Waals surface area contributed by atoms with Crippen molar-refractivity contribution in [3.63, 3.8) is 0 Å². The van der Waals surface area contributed by atoms with Crippen LogP contribution in [0.1, 0.15) is 25.5 Å². The van der Waals surface area contributed by atoms with Crippen LogP contribution in [0.25, 0.3) is 11.2 Å². The number of nitrogens with zero attached hydrogens (tertiary/aromatic N) is 4. The Hall–Kier alpha value is -3.07. The lowest BCUT2D eigenvalue weighted by Gasteiger charge is -2.23. The van der Waals surface area contributed by atoms with Crippen LogP contribution in [0, 0.1) is 0 Å². The first-order chi connectivity index (χ1) is 13.2. The second-order valence-corrected chi connectivity index (χ2v) is 6.27. The van der Waals surface area contributed by atoms with Crippen LogP contribution in [0.3, 0.4) is 0 Å². The van der Waals surface area contributed by atoms with Gasteiger partial charge in [-0.3, -0.25) is 4.57 Å². The SMILES string of the molecule is COc1ccc(Nc2nc(N)nc3c2ncn3C2CCCCO2)cc1OC. The molecule has 0 bridgehead atoms. The highest BCUT2D eigenvalue weighted by Gasteiger charge is 2.21. The minimum atomic E-state index is -0.0769. The van der Waals surface area contributed by atoms with Crippen molar-refractivity contribution in [2.24, 2.45) is 0 Å². The van der Waals surface area contributed by atoms with E-state index in [2.05, 4.69) is 20.3 Å². The Bertz CT molecular complexity index is 952. The van der Waals surface area contributed by atoms with Gasteiger partial charge in [0.15, 0.2) is 28.5 Å². The van der Waals surface area contributed by atoms with E-state index in [1.807, 2.05) is 22.8 Å². The van der Waals surface area contributed by atoms with Crippen LogP contribution >= 0.6 is 0 Å². The Morgan fingerprint density at radius 3 is 2.78 bits per heavy atom. The van der Waals surface area contributed by atoms with E-state index < -0.39 is 0 Å². The molecule has 1 aliphatic rings. The summed E-state index contributed by atoms with van der Waals surface area (Å²) in [6.07, 6.45) is 4.77. The molecular formula is C18H22N6O3. The maximum atomic E-state index is 5.95. The first-order valence-electron chi connectivity index (χ1n) is 8.80. The molecule has 1 atom stereocenters. The second kappa shape index (κ2) is 7.28. The van der Waals surface area contributed by atoms with Gasteiger partial charge in [0.2, 0.25) is 5.95 Å². The number of hydrogen-bond acceptors (Lipinski definition) is 8. The summed E-state index contributed by atoms with van der Waals surface area (Å²) in [4.78, 5) is 13.2. The van der Waals surface area contributed by atoms with Gasteiger partial charge in [-0.1, -0.05) is 0 Å². The lowest BCUT2D eigenvalue weighted by Crippen LogP contribution is -2.18. The molecule has 2 aromatic heterocycles. The number of methoxy groups -OCH3 is 2. The third kappa shape index (κ3) is 3.33. The number of benzene rings is 1. The molecule has 9 nitrogen and oxygen atoms in total. The average molecular weight is 370 g/mol. The van der Waals surface area contributed by atoms with Gasteiger partial charge in [0, 0.05) is 18.4 Å². The van der Waals surface area contributed by atoms with Crippen LogP contribution < -0.4 is 20.5 Å². The quantitative estimate of drug-likeness (QED) is 0.705. The summed E-state index contributed by atoms with van der Waals surface area (Å²) in [7, 11) is 3.19. The van der Waals surface area contributed by atoms with Crippen LogP contribution in [0.5, 0.6) is 11.5 Å². The molecule has 3 aromatic rings. The van der Waals surface area contributed by atoms with Gasteiger partial charge in [0.25, 0.3) is 0 Å². The monoisotopic (exact) mass is 370 g/mol. The van der Waals surface area contributed by atoms with Gasteiger partial charge in [0.05, 0.1) is 20.5 Å². The van der Waals surface area contributed by atoms with Crippen LogP contribution in [0.15, 0.2) is 24.5 Å². The molecule has 0 radical (unpaired) electrons. The molecule has 1 aliphatic heterocycles. The lowest BCUT2D eigenvalue weighted by molar-refractivity contribution is -0.0298. The molecule has 0 saturated carbocycles. The van der Waals surface area contributed by atoms with Crippen LogP contribution in [0.2, 0.25) is 0 Å². The third-order valence-electron chi connectivity index (χ3n) is 4.55. The van der Waals surface area contributed by atoms with E-state index in [0.29, 0.717) is 28.5 Å². The van der Waals surface area contributed by atoms with E-state index in [1.54, 1.807) is 20.5 Å². The van der Waals surface area contributed by atoms with Gasteiger partial charge in [-0.15, -0.1) is 0 Å². The van der Waals surface area contributed by atoms with Crippen molar-refractivity contribution in [3.8, 4) is 11.5 Å². The minimum Gasteiger partial charge on any atom is -0.493 e. The van der Waals surface area contributed by atoms with Crippen LogP contribution in [0.4, 0.5) is 17.5 Å². The van der Waals surface area contributed by atoms with Gasteiger partial charge in [-0.2, -0.15) is 9.97 Å². The molecule has 1 saturated heterocycles. The number of nitrogen functional groups attached to an aromatic ring is 1. The van der Waals surface area contributed by atoms with Crippen molar-refractivity contribution >= 4 is 28.6 Å². The number of aromatic nitrogens is 4. The zero-order valence-corrected chi connectivity index (χ0v) is 15.3. The molecule has 1 aromatic carbocycles. The molecule has 1 fully saturated rings. The fourth-order valence-corrected chi connectivity index (χ4v) is 3.23. The zero-order chi connectivity index (χ0) is 18.8. The van der Waals surface area contributed by atoms with Crippen LogP contribution in [-0.2, 0) is 4.74 Å². The summed E-state index contributed by atoms with van der Waals surface area (Å²) < 4.78 is 18.4. The number of fused-ring (bicyclic) bond motifs is 1. The van der Waals surface area contributed by atoms with E-state index in [0.717, 1.165) is 31.6 Å². The summed E-state index contributed by atoms with van der Waals surface area (Å²) in [6, 6.07) is 5.51. The standard InChI is InChI=1S/C18H22N6O3/c1-25-12-7-6-11(9-13(12)26-2)21-16-15-17(23-18(19)22-16)24(10-20-15)14-5-3-4-8-27-14/h6-7,9-10,14H,3-5,8H2,1-2H3,(H3,19,21,22,23). The maximum Gasteiger partial charge on any atom is 0.224 e. The predicted molar refractivity (Wildman–Crippen MR) is 101 cm³/mol. The normalized spacial score (nSPS) is 17.0. The highest BCUT2D eigenvalue weighted by molar-refractivity contribution is 5.86. The Morgan fingerprint density at radius 1 is 1.19 bits per heavy atom. The Morgan fingerprint density at radius 2 is 2.04 bits per heavy atom. The summed E-state index contributed by atoms with van der Waals surface area (Å²) in [5.74, 6) is 1.96. The molecule has 0 aliphatic carbocycles. The number of rotatable bonds is 5. The molecule has 27 heavy (non-hydrogen) atoms. The van der Waals surface area contributed by atoms with Gasteiger partial charge >= 0.3 is 0 Å². The molecule has 3 N–H and O–H groups in total. The van der Waals surface area contributed by atoms with Gasteiger partial charge in [0.1, 0.15) is 6.23 Å². The Balaban J connectivity index is 1.71. The predicted octanol–water partition coefficient (Wildman–Crippen LogP) is 2.87. The molecule has 1 unspecified atom stereocenters. The molecular weight excluding hydrogens is 348 g/mol. The van der Waals surface area contributed by atoms with E-state index in [1.165, 1.54) is 0 Å². The lowest BCUT2D eigenvalue weighted by atomic mass is 10.2. The summed E-state index contributed by atoms with van der Waals surface area (Å²) in [6.45, 7) is 0.738. The highest BCUT2D eigenvalue weighted by Crippen LogP contribution is 2.33. The molecule has 0 amide bonds. The van der Waals surface area contributed by atoms with E-state index in [-0.39, 0.29) is 12.2 Å². The Kier molecular flexibility index (Phi) is 4.68. The van der Waals surface area contributed by atoms with E-state index >= 15 is 0 Å². The fraction of sp³-hybridized carbons (Fsp3) is 0.389. The number of ether oxygens (including phenoxy) is 3. The zero-order valence-electron chi connectivity index (χ0n) is 15.3. The van der Waals surface area contributed by atoms with Gasteiger partial charge in [-0.25, -0.2) is 4.98 Å². The first kappa shape index (κ1) is 17.3. The third-order valence-corrected chi connectivity index (χ3v) is 4.55. The van der Waals surface area contributed by atoms with Crippen molar-refractivity contribution in [3.05, 3.63) is 24.5 Å². The van der Waals surface area contributed by atoms with Crippen molar-refractivity contribution in [2.45, 2.75) is 25.5 Å². The van der Waals surface area contributed by atoms with Gasteiger partial charge in [-0.05, 0) is 31.4 Å². The summed E-state index contributed by atoms with van der Waals surface area (Å²) in [5, 5.41) is 3.25. The van der Waals surface area contributed by atoms with Crippen molar-refractivity contribution in [2.75, 3.05) is 31.9 Å². The van der Waals surface area contributed by atoms with Crippen molar-refractivity contribution in [1.82, 2.24) is 19.5 Å². The average Bonchev–Trinajstić information content (AvgIpc) is 3.12. The molecule has 4 rings (SSSR count). The largest absolute Gasteiger partial charge is 0.493 e. The maximum absolute atomic E-state index is 5.95. The number of nitrogens with two attached hydrogens (primary N) is 1. The summed E-state index contributed by atoms with van der Waals surface area (Å²) >= 11 is 0. The smallest absolute Gasteiger partial charge is 0.224 e. The van der Waals surface area contributed by atoms with Crippen molar-refractivity contribution in [1.29, 1.82) is 0 Å². The topological polar surface area (TPSA) is 109 Å². The van der Waals surface area contributed by atoms with E-state index in [4.69, 9.17) is 19.9 Å². The van der Waals surface area contributed by atoms with Crippen LogP contribution in [-0.4, -0.2) is 40.3 Å². The minimum absolute atomic E-state index is 0.0769.